The minimum Gasteiger partial charge on any atom is -0.398 e. The van der Waals surface area contributed by atoms with Crippen LogP contribution in [0.1, 0.15) is 58.6 Å². The second-order valence-electron chi connectivity index (χ2n) is 10.1. The van der Waals surface area contributed by atoms with Crippen LogP contribution in [0, 0.1) is 0 Å². The van der Waals surface area contributed by atoms with Crippen LogP contribution in [0.4, 0.5) is 17.6 Å². The van der Waals surface area contributed by atoms with Gasteiger partial charge < -0.3 is 22.5 Å². The van der Waals surface area contributed by atoms with Gasteiger partial charge >= 0.3 is 6.18 Å². The molecule has 0 aliphatic carbocycles. The van der Waals surface area contributed by atoms with Crippen molar-refractivity contribution >= 4 is 17.3 Å². The van der Waals surface area contributed by atoms with Gasteiger partial charge in [-0.2, -0.15) is 13.2 Å². The Morgan fingerprint density at radius 3 is 2.00 bits per heavy atom. The number of hydrogen-bond acceptors (Lipinski definition) is 5. The number of amides is 1. The van der Waals surface area contributed by atoms with Crippen LogP contribution in [-0.2, 0) is 11.2 Å². The van der Waals surface area contributed by atoms with Crippen molar-refractivity contribution in [2.24, 2.45) is 22.2 Å². The summed E-state index contributed by atoms with van der Waals surface area (Å²) in [4.78, 5) is 17.7. The Morgan fingerprint density at radius 2 is 1.60 bits per heavy atom. The van der Waals surface area contributed by atoms with Gasteiger partial charge in [0.05, 0.1) is 22.8 Å². The van der Waals surface area contributed by atoms with E-state index in [-0.39, 0.29) is 17.7 Å². The van der Waals surface area contributed by atoms with E-state index in [4.69, 9.17) is 11.5 Å². The van der Waals surface area contributed by atoms with Crippen molar-refractivity contribution in [2.75, 3.05) is 7.05 Å². The second-order valence-corrected chi connectivity index (χ2v) is 10.1. The largest absolute Gasteiger partial charge is 0.416 e. The molecule has 248 valence electrons. The summed E-state index contributed by atoms with van der Waals surface area (Å²) in [5.41, 5.74) is 18.1. The van der Waals surface area contributed by atoms with Gasteiger partial charge in [-0.15, -0.1) is 13.2 Å². The highest BCUT2D eigenvalue weighted by atomic mass is 19.4. The highest BCUT2D eigenvalue weighted by molar-refractivity contribution is 6.02. The van der Waals surface area contributed by atoms with Gasteiger partial charge in [0.25, 0.3) is 5.91 Å². The van der Waals surface area contributed by atoms with Crippen molar-refractivity contribution in [1.29, 1.82) is 0 Å². The minimum atomic E-state index is -4.65. The molecule has 0 heterocycles. The fourth-order valence-corrected chi connectivity index (χ4v) is 3.47. The topological polar surface area (TPSA) is 120 Å². The third-order valence-corrected chi connectivity index (χ3v) is 5.78. The quantitative estimate of drug-likeness (QED) is 0.0582. The molecule has 10 heteroatoms. The van der Waals surface area contributed by atoms with Crippen molar-refractivity contribution < 1.29 is 22.4 Å². The molecule has 0 aromatic heterocycles. The third-order valence-electron chi connectivity index (χ3n) is 5.78. The maximum Gasteiger partial charge on any atom is 0.416 e. The van der Waals surface area contributed by atoms with Gasteiger partial charge in [-0.3, -0.25) is 9.79 Å². The fourth-order valence-electron chi connectivity index (χ4n) is 3.47. The molecule has 0 fully saturated rings. The van der Waals surface area contributed by atoms with E-state index in [0.29, 0.717) is 35.5 Å². The number of allylic oxidation sites excluding steroid dienone is 9. The first-order valence-corrected chi connectivity index (χ1v) is 14.1. The summed E-state index contributed by atoms with van der Waals surface area (Å²) in [7, 11) is 1.50. The number of rotatable bonds is 13. The summed E-state index contributed by atoms with van der Waals surface area (Å²) >= 11 is 0. The van der Waals surface area contributed by atoms with Crippen molar-refractivity contribution in [2.45, 2.75) is 65.6 Å². The van der Waals surface area contributed by atoms with Crippen molar-refractivity contribution in [3.63, 3.8) is 0 Å². The van der Waals surface area contributed by atoms with E-state index in [2.05, 4.69) is 42.4 Å². The summed E-state index contributed by atoms with van der Waals surface area (Å²) in [6, 6.07) is 6.94. The molecule has 7 N–H and O–H groups in total. The Bertz CT molecular complexity index is 1300. The maximum absolute atomic E-state index is 13.5. The minimum absolute atomic E-state index is 0.104. The Kier molecular flexibility index (Phi) is 20.4. The van der Waals surface area contributed by atoms with E-state index in [0.717, 1.165) is 23.8 Å². The molecule has 0 aliphatic rings. The number of hydrogen-bond donors (Lipinski definition) is 4. The van der Waals surface area contributed by atoms with Gasteiger partial charge in [0.2, 0.25) is 0 Å². The number of nitrogens with zero attached hydrogens (tertiary/aromatic N) is 1. The molecular weight excluding hydrogens is 582 g/mol. The normalized spacial score (nSPS) is 13.6. The maximum atomic E-state index is 13.5. The zero-order valence-corrected chi connectivity index (χ0v) is 27.3. The molecule has 6 nitrogen and oxygen atoms in total. The van der Waals surface area contributed by atoms with Crippen LogP contribution in [0.3, 0.4) is 0 Å². The van der Waals surface area contributed by atoms with E-state index < -0.39 is 29.0 Å². The third kappa shape index (κ3) is 17.6. The summed E-state index contributed by atoms with van der Waals surface area (Å²) in [5.74, 6) is -1.29. The first-order chi connectivity index (χ1) is 21.0. The molecule has 0 saturated heterocycles. The lowest BCUT2D eigenvalue weighted by atomic mass is 9.97. The van der Waals surface area contributed by atoms with Crippen LogP contribution in [0.15, 0.2) is 120 Å². The predicted molar refractivity (Wildman–Crippen MR) is 183 cm³/mol. The van der Waals surface area contributed by atoms with Crippen LogP contribution >= 0.6 is 0 Å². The van der Waals surface area contributed by atoms with E-state index in [1.165, 1.54) is 33.0 Å². The monoisotopic (exact) mass is 631 g/mol. The van der Waals surface area contributed by atoms with Crippen LogP contribution in [0.5, 0.6) is 0 Å². The average molecular weight is 632 g/mol. The average Bonchev–Trinajstić information content (AvgIpc) is 2.98. The molecule has 1 aromatic rings. The molecule has 45 heavy (non-hydrogen) atoms. The molecule has 1 rings (SSSR count). The number of carbonyl (C=O) groups is 1. The predicted octanol–water partition coefficient (Wildman–Crippen LogP) is 7.89. The number of nitrogens with two attached hydrogens (primary N) is 3. The second kappa shape index (κ2) is 21.4. The Morgan fingerprint density at radius 1 is 1.04 bits per heavy atom. The van der Waals surface area contributed by atoms with Gasteiger partial charge in [0.15, 0.2) is 0 Å². The number of aliphatic imine (C=N–C) groups is 1. The lowest BCUT2D eigenvalue weighted by Gasteiger charge is -2.19. The van der Waals surface area contributed by atoms with Gasteiger partial charge in [0.1, 0.15) is 0 Å². The molecule has 0 unspecified atom stereocenters. The molecule has 1 aromatic carbocycles. The van der Waals surface area contributed by atoms with Crippen LogP contribution in [0.25, 0.3) is 5.70 Å². The SMILES string of the molecule is C=C.C=C/C(=C\C=C(/C)F)NC(=O)/C(=C/C(=C\C)C(F)(F)F)Cc1ccc(/C(=C/C)N=C(CCC(C)(C)N)C(=C)N)cc1.CN. The lowest BCUT2D eigenvalue weighted by Crippen LogP contribution is -2.32. The van der Waals surface area contributed by atoms with Crippen molar-refractivity contribution in [3.8, 4) is 0 Å². The standard InChI is InChI=1S/C32H40F4N4O.C2H4.CH5N/c1-8-26(32(34,35)36)20-25(30(41)39-27(9-2)16-11-21(4)33)19-23-12-14-24(15-13-23)28(10-3)40-29(22(5)37)17-18-31(6,7)38;2*1-2/h8-16,20H,2,5,17-19,37-38H2,1,3-4,6-7H3,(H,39,41);1-2H2;2H2,1H3/b21-11+,25-20+,26-8+,27-16+,28-10-,40-29?;;. The smallest absolute Gasteiger partial charge is 0.398 e. The molecule has 1 amide bonds. The molecule has 0 atom stereocenters. The number of carbonyl (C=O) groups excluding carboxylic acids is 1. The molecule has 0 saturated carbocycles. The molecular formula is C35H49F4N5O. The van der Waals surface area contributed by atoms with Gasteiger partial charge in [0, 0.05) is 28.9 Å². The molecule has 0 spiro atoms. The van der Waals surface area contributed by atoms with Crippen molar-refractivity contribution in [1.82, 2.24) is 5.32 Å². The van der Waals surface area contributed by atoms with E-state index in [9.17, 15) is 22.4 Å². The first-order valence-electron chi connectivity index (χ1n) is 14.1. The summed E-state index contributed by atoms with van der Waals surface area (Å²) in [6.45, 7) is 21.5. The number of benzene rings is 1. The molecule has 0 radical (unpaired) electrons. The summed E-state index contributed by atoms with van der Waals surface area (Å²) < 4.78 is 53.7. The zero-order valence-electron chi connectivity index (χ0n) is 27.3. The highest BCUT2D eigenvalue weighted by Crippen LogP contribution is 2.28. The van der Waals surface area contributed by atoms with Gasteiger partial charge in [-0.1, -0.05) is 49.6 Å². The Hall–Kier alpha value is -4.28. The summed E-state index contributed by atoms with van der Waals surface area (Å²) in [6.07, 6.45) is 3.57. The fraction of sp³-hybridized carbons (Fsp3) is 0.314. The number of halogens is 4. The van der Waals surface area contributed by atoms with E-state index in [1.54, 1.807) is 24.3 Å². The number of alkyl halides is 3. The first kappa shape index (κ1) is 42.9. The van der Waals surface area contributed by atoms with E-state index >= 15 is 0 Å². The summed E-state index contributed by atoms with van der Waals surface area (Å²) in [5, 5.41) is 2.49. The van der Waals surface area contributed by atoms with Crippen LogP contribution < -0.4 is 22.5 Å². The Labute approximate surface area is 266 Å². The zero-order chi connectivity index (χ0) is 35.4. The van der Waals surface area contributed by atoms with E-state index in [1.807, 2.05) is 26.8 Å². The Balaban J connectivity index is 0. The highest BCUT2D eigenvalue weighted by Gasteiger charge is 2.32. The lowest BCUT2D eigenvalue weighted by molar-refractivity contribution is -0.116. The number of nitrogens with one attached hydrogen (secondary N) is 1. The van der Waals surface area contributed by atoms with Crippen LogP contribution in [0.2, 0.25) is 0 Å². The molecule has 0 bridgehead atoms. The van der Waals surface area contributed by atoms with Crippen LogP contribution in [-0.4, -0.2) is 30.4 Å². The van der Waals surface area contributed by atoms with Gasteiger partial charge in [-0.25, -0.2) is 4.39 Å². The van der Waals surface area contributed by atoms with Gasteiger partial charge in [-0.05, 0) is 89.9 Å². The molecule has 0 aliphatic heterocycles. The van der Waals surface area contributed by atoms with Crippen molar-refractivity contribution in [3.05, 3.63) is 127 Å².